The van der Waals surface area contributed by atoms with E-state index < -0.39 is 0 Å². The maximum atomic E-state index is 4.32. The van der Waals surface area contributed by atoms with Crippen LogP contribution in [-0.2, 0) is 0 Å². The second-order valence-electron chi connectivity index (χ2n) is 3.45. The zero-order valence-corrected chi connectivity index (χ0v) is 8.65. The Bertz CT molecular complexity index is 440. The van der Waals surface area contributed by atoms with E-state index >= 15 is 0 Å². The molecule has 0 amide bonds. The highest BCUT2D eigenvalue weighted by molar-refractivity contribution is 5.34. The van der Waals surface area contributed by atoms with E-state index in [9.17, 15) is 0 Å². The van der Waals surface area contributed by atoms with Gasteiger partial charge in [-0.15, -0.1) is 0 Å². The quantitative estimate of drug-likeness (QED) is 0.685. The number of aromatic nitrogens is 3. The molecule has 1 heterocycles. The van der Waals surface area contributed by atoms with E-state index in [4.69, 9.17) is 0 Å². The molecule has 0 unspecified atom stereocenters. The highest BCUT2D eigenvalue weighted by Crippen LogP contribution is 2.10. The molecule has 0 aliphatic heterocycles. The lowest BCUT2D eigenvalue weighted by Gasteiger charge is -2.02. The van der Waals surface area contributed by atoms with Gasteiger partial charge in [-0.2, -0.15) is 5.10 Å². The zero-order valence-electron chi connectivity index (χ0n) is 8.65. The Labute approximate surface area is 83.4 Å². The summed E-state index contributed by atoms with van der Waals surface area (Å²) < 4.78 is 1.86. The van der Waals surface area contributed by atoms with Gasteiger partial charge in [0.1, 0.15) is 11.6 Å². The van der Waals surface area contributed by atoms with Crippen LogP contribution in [0.4, 0.5) is 0 Å². The van der Waals surface area contributed by atoms with Crippen molar-refractivity contribution in [3.05, 3.63) is 41.5 Å². The minimum absolute atomic E-state index is 0.808. The lowest BCUT2D eigenvalue weighted by molar-refractivity contribution is 0.831. The predicted octanol–water partition coefficient (Wildman–Crippen LogP) is 2.19. The van der Waals surface area contributed by atoms with Gasteiger partial charge in [-0.05, 0) is 32.9 Å². The SMILES string of the molecule is Cc1ccc(-n2nc(C)nc2C)cc1. The summed E-state index contributed by atoms with van der Waals surface area (Å²) in [5.74, 6) is 1.73. The third-order valence-electron chi connectivity index (χ3n) is 2.15. The van der Waals surface area contributed by atoms with E-state index in [2.05, 4.69) is 41.3 Å². The number of hydrogen-bond acceptors (Lipinski definition) is 2. The van der Waals surface area contributed by atoms with Gasteiger partial charge in [-0.25, -0.2) is 9.67 Å². The molecular weight excluding hydrogens is 174 g/mol. The standard InChI is InChI=1S/C11H13N3/c1-8-4-6-11(7-5-8)14-10(3)12-9(2)13-14/h4-7H,1-3H3. The molecule has 0 saturated carbocycles. The van der Waals surface area contributed by atoms with Gasteiger partial charge >= 0.3 is 0 Å². The first kappa shape index (κ1) is 8.94. The number of nitrogens with zero attached hydrogens (tertiary/aromatic N) is 3. The van der Waals surface area contributed by atoms with Gasteiger partial charge < -0.3 is 0 Å². The predicted molar refractivity (Wildman–Crippen MR) is 55.6 cm³/mol. The minimum Gasteiger partial charge on any atom is -0.218 e. The van der Waals surface area contributed by atoms with Crippen LogP contribution in [0.15, 0.2) is 24.3 Å². The van der Waals surface area contributed by atoms with E-state index in [0.717, 1.165) is 17.3 Å². The van der Waals surface area contributed by atoms with Crippen LogP contribution in [-0.4, -0.2) is 14.8 Å². The summed E-state index contributed by atoms with van der Waals surface area (Å²) >= 11 is 0. The highest BCUT2D eigenvalue weighted by Gasteiger charge is 2.03. The molecule has 0 bridgehead atoms. The minimum atomic E-state index is 0.808. The van der Waals surface area contributed by atoms with Crippen molar-refractivity contribution < 1.29 is 0 Å². The van der Waals surface area contributed by atoms with Crippen molar-refractivity contribution in [2.75, 3.05) is 0 Å². The Morgan fingerprint density at radius 3 is 2.14 bits per heavy atom. The molecule has 0 N–H and O–H groups in total. The lowest BCUT2D eigenvalue weighted by atomic mass is 10.2. The first-order chi connectivity index (χ1) is 6.66. The molecule has 1 aromatic heterocycles. The van der Waals surface area contributed by atoms with E-state index in [1.807, 2.05) is 18.5 Å². The summed E-state index contributed by atoms with van der Waals surface area (Å²) in [4.78, 5) is 4.26. The van der Waals surface area contributed by atoms with Crippen molar-refractivity contribution in [2.45, 2.75) is 20.8 Å². The van der Waals surface area contributed by atoms with Crippen molar-refractivity contribution in [3.8, 4) is 5.69 Å². The zero-order chi connectivity index (χ0) is 10.1. The smallest absolute Gasteiger partial charge is 0.148 e. The molecule has 0 aliphatic carbocycles. The van der Waals surface area contributed by atoms with Crippen molar-refractivity contribution in [2.24, 2.45) is 0 Å². The van der Waals surface area contributed by atoms with E-state index in [1.165, 1.54) is 5.56 Å². The van der Waals surface area contributed by atoms with E-state index in [-0.39, 0.29) is 0 Å². The molecule has 3 heteroatoms. The average Bonchev–Trinajstić information content (AvgIpc) is 2.47. The molecule has 0 fully saturated rings. The van der Waals surface area contributed by atoms with Gasteiger partial charge in [0.05, 0.1) is 5.69 Å². The molecule has 1 aromatic carbocycles. The van der Waals surface area contributed by atoms with Gasteiger partial charge in [0.25, 0.3) is 0 Å². The lowest BCUT2D eigenvalue weighted by Crippen LogP contribution is -1.98. The number of benzene rings is 1. The average molecular weight is 187 g/mol. The van der Waals surface area contributed by atoms with Gasteiger partial charge in [0, 0.05) is 0 Å². The van der Waals surface area contributed by atoms with Crippen molar-refractivity contribution in [3.63, 3.8) is 0 Å². The summed E-state index contributed by atoms with van der Waals surface area (Å²) in [6, 6.07) is 8.25. The van der Waals surface area contributed by atoms with Crippen LogP contribution >= 0.6 is 0 Å². The molecule has 2 rings (SSSR count). The van der Waals surface area contributed by atoms with Crippen LogP contribution in [0, 0.1) is 20.8 Å². The van der Waals surface area contributed by atoms with Gasteiger partial charge in [-0.1, -0.05) is 17.7 Å². The molecule has 0 atom stereocenters. The summed E-state index contributed by atoms with van der Waals surface area (Å²) in [5.41, 5.74) is 2.32. The normalized spacial score (nSPS) is 10.5. The largest absolute Gasteiger partial charge is 0.218 e. The first-order valence-corrected chi connectivity index (χ1v) is 4.64. The molecule has 0 radical (unpaired) electrons. The van der Waals surface area contributed by atoms with Crippen LogP contribution in [0.1, 0.15) is 17.2 Å². The fourth-order valence-corrected chi connectivity index (χ4v) is 1.45. The Kier molecular flexibility index (Phi) is 2.08. The molecule has 14 heavy (non-hydrogen) atoms. The summed E-state index contributed by atoms with van der Waals surface area (Å²) in [5, 5.41) is 4.32. The van der Waals surface area contributed by atoms with Crippen LogP contribution < -0.4 is 0 Å². The Hall–Kier alpha value is -1.64. The van der Waals surface area contributed by atoms with Gasteiger partial charge in [0.15, 0.2) is 0 Å². The fraction of sp³-hybridized carbons (Fsp3) is 0.273. The van der Waals surface area contributed by atoms with E-state index in [0.29, 0.717) is 0 Å². The molecular formula is C11H13N3. The molecule has 72 valence electrons. The highest BCUT2D eigenvalue weighted by atomic mass is 15.3. The monoisotopic (exact) mass is 187 g/mol. The second-order valence-corrected chi connectivity index (χ2v) is 3.45. The Morgan fingerprint density at radius 1 is 1.00 bits per heavy atom. The van der Waals surface area contributed by atoms with E-state index in [1.54, 1.807) is 0 Å². The van der Waals surface area contributed by atoms with Crippen LogP contribution in [0.3, 0.4) is 0 Å². The summed E-state index contributed by atoms with van der Waals surface area (Å²) in [6.07, 6.45) is 0. The molecule has 0 spiro atoms. The third-order valence-corrected chi connectivity index (χ3v) is 2.15. The number of aryl methyl sites for hydroxylation is 3. The third kappa shape index (κ3) is 1.53. The van der Waals surface area contributed by atoms with Crippen LogP contribution in [0.5, 0.6) is 0 Å². The maximum Gasteiger partial charge on any atom is 0.148 e. The maximum absolute atomic E-state index is 4.32. The van der Waals surface area contributed by atoms with Crippen LogP contribution in [0.25, 0.3) is 5.69 Å². The molecule has 2 aromatic rings. The van der Waals surface area contributed by atoms with Gasteiger partial charge in [-0.3, -0.25) is 0 Å². The molecule has 0 saturated heterocycles. The number of hydrogen-bond donors (Lipinski definition) is 0. The molecule has 3 nitrogen and oxygen atoms in total. The second kappa shape index (κ2) is 3.25. The van der Waals surface area contributed by atoms with Crippen LogP contribution in [0.2, 0.25) is 0 Å². The molecule has 0 aliphatic rings. The number of rotatable bonds is 1. The first-order valence-electron chi connectivity index (χ1n) is 4.64. The Balaban J connectivity index is 2.49. The van der Waals surface area contributed by atoms with Crippen molar-refractivity contribution in [1.82, 2.24) is 14.8 Å². The summed E-state index contributed by atoms with van der Waals surface area (Å²) in [6.45, 7) is 5.93. The van der Waals surface area contributed by atoms with Crippen molar-refractivity contribution in [1.29, 1.82) is 0 Å². The summed E-state index contributed by atoms with van der Waals surface area (Å²) in [7, 11) is 0. The van der Waals surface area contributed by atoms with Crippen molar-refractivity contribution >= 4 is 0 Å². The Morgan fingerprint density at radius 2 is 1.64 bits per heavy atom. The topological polar surface area (TPSA) is 30.7 Å². The van der Waals surface area contributed by atoms with Gasteiger partial charge in [0.2, 0.25) is 0 Å². The fourth-order valence-electron chi connectivity index (χ4n) is 1.45.